The first-order chi connectivity index (χ1) is 21.3. The van der Waals surface area contributed by atoms with Crippen LogP contribution in [0.1, 0.15) is 0 Å². The highest BCUT2D eigenvalue weighted by Gasteiger charge is 2.13. The summed E-state index contributed by atoms with van der Waals surface area (Å²) >= 11 is 1.86. The van der Waals surface area contributed by atoms with Crippen LogP contribution in [0, 0.1) is 0 Å². The summed E-state index contributed by atoms with van der Waals surface area (Å²) in [4.78, 5) is 14.4. The molecule has 0 aliphatic heterocycles. The average molecular weight is 568 g/mol. The number of thiophene rings is 1. The Hall–Kier alpha value is -5.45. The third kappa shape index (κ3) is 4.78. The predicted octanol–water partition coefficient (Wildman–Crippen LogP) is 10.6. The van der Waals surface area contributed by atoms with Crippen LogP contribution in [0.2, 0.25) is 0 Å². The second kappa shape index (κ2) is 10.8. The highest BCUT2D eigenvalue weighted by atomic mass is 32.1. The standard InChI is InChI=1S/C39H25N3S/c1-2-9-27(10-3-1)35-24-36(42-39(41-35)30-12-6-11-29(23-30)31-13-8-22-40-25-31)28-20-18-26(19-21-28)32-15-7-16-34-33-14-4-5-17-37(33)43-38(32)34/h1-25H. The minimum atomic E-state index is 0.696. The number of hydrogen-bond donors (Lipinski definition) is 0. The molecule has 8 rings (SSSR count). The number of nitrogens with zero attached hydrogens (tertiary/aromatic N) is 3. The van der Waals surface area contributed by atoms with E-state index in [1.54, 1.807) is 6.20 Å². The Morgan fingerprint density at radius 3 is 1.91 bits per heavy atom. The van der Waals surface area contributed by atoms with E-state index in [1.807, 2.05) is 41.8 Å². The van der Waals surface area contributed by atoms with E-state index in [4.69, 9.17) is 9.97 Å². The third-order valence-electron chi connectivity index (χ3n) is 7.81. The van der Waals surface area contributed by atoms with Crippen molar-refractivity contribution < 1.29 is 0 Å². The van der Waals surface area contributed by atoms with E-state index in [0.717, 1.165) is 39.2 Å². The molecule has 0 aliphatic rings. The molecule has 3 nitrogen and oxygen atoms in total. The van der Waals surface area contributed by atoms with Crippen LogP contribution in [0.5, 0.6) is 0 Å². The molecular weight excluding hydrogens is 543 g/mol. The molecule has 4 heteroatoms. The fourth-order valence-electron chi connectivity index (χ4n) is 5.65. The molecule has 0 bridgehead atoms. The molecule has 0 N–H and O–H groups in total. The topological polar surface area (TPSA) is 38.7 Å². The molecule has 0 saturated heterocycles. The zero-order chi connectivity index (χ0) is 28.6. The van der Waals surface area contributed by atoms with Gasteiger partial charge in [0.25, 0.3) is 0 Å². The first-order valence-electron chi connectivity index (χ1n) is 14.3. The predicted molar refractivity (Wildman–Crippen MR) is 180 cm³/mol. The molecule has 0 amide bonds. The first-order valence-corrected chi connectivity index (χ1v) is 15.1. The largest absolute Gasteiger partial charge is 0.264 e. The summed E-state index contributed by atoms with van der Waals surface area (Å²) < 4.78 is 2.64. The zero-order valence-electron chi connectivity index (χ0n) is 23.2. The van der Waals surface area contributed by atoms with Crippen LogP contribution in [0.25, 0.3) is 76.3 Å². The second-order valence-corrected chi connectivity index (χ2v) is 11.6. The van der Waals surface area contributed by atoms with Gasteiger partial charge in [0.1, 0.15) is 0 Å². The molecule has 0 aliphatic carbocycles. The summed E-state index contributed by atoms with van der Waals surface area (Å²) in [6.45, 7) is 0. The SMILES string of the molecule is c1ccc(-c2cc(-c3ccc(-c4cccc5c4sc4ccccc45)cc3)nc(-c3cccc(-c4cccnc4)c3)n2)cc1. The van der Waals surface area contributed by atoms with Crippen LogP contribution in [0.15, 0.2) is 152 Å². The molecule has 0 fully saturated rings. The van der Waals surface area contributed by atoms with Gasteiger partial charge < -0.3 is 0 Å². The molecule has 5 aromatic carbocycles. The molecule has 0 atom stereocenters. The van der Waals surface area contributed by atoms with E-state index < -0.39 is 0 Å². The quantitative estimate of drug-likeness (QED) is 0.208. The zero-order valence-corrected chi connectivity index (χ0v) is 24.0. The fraction of sp³-hybridized carbons (Fsp3) is 0. The van der Waals surface area contributed by atoms with Gasteiger partial charge in [-0.05, 0) is 41.0 Å². The average Bonchev–Trinajstić information content (AvgIpc) is 3.48. The molecule has 0 radical (unpaired) electrons. The van der Waals surface area contributed by atoms with Crippen molar-refractivity contribution in [3.05, 3.63) is 152 Å². The number of rotatable bonds is 5. The number of benzene rings is 5. The maximum Gasteiger partial charge on any atom is 0.160 e. The van der Waals surface area contributed by atoms with Gasteiger partial charge in [0.2, 0.25) is 0 Å². The lowest BCUT2D eigenvalue weighted by Gasteiger charge is -2.11. The van der Waals surface area contributed by atoms with Crippen molar-refractivity contribution in [2.75, 3.05) is 0 Å². The highest BCUT2D eigenvalue weighted by molar-refractivity contribution is 7.26. The van der Waals surface area contributed by atoms with E-state index in [0.29, 0.717) is 5.82 Å². The summed E-state index contributed by atoms with van der Waals surface area (Å²) in [6.07, 6.45) is 3.67. The van der Waals surface area contributed by atoms with Crippen LogP contribution in [-0.4, -0.2) is 15.0 Å². The maximum atomic E-state index is 5.09. The summed E-state index contributed by atoms with van der Waals surface area (Å²) in [5.41, 5.74) is 9.46. The molecular formula is C39H25N3S. The Morgan fingerprint density at radius 2 is 1.09 bits per heavy atom. The Bertz CT molecular complexity index is 2220. The first kappa shape index (κ1) is 25.3. The number of pyridine rings is 1. The molecule has 3 aromatic heterocycles. The Balaban J connectivity index is 1.22. The van der Waals surface area contributed by atoms with Gasteiger partial charge in [-0.1, -0.05) is 115 Å². The van der Waals surface area contributed by atoms with E-state index >= 15 is 0 Å². The van der Waals surface area contributed by atoms with Crippen molar-refractivity contribution in [1.82, 2.24) is 15.0 Å². The summed E-state index contributed by atoms with van der Waals surface area (Å²) in [5.74, 6) is 0.696. The van der Waals surface area contributed by atoms with Gasteiger partial charge in [0.05, 0.1) is 11.4 Å². The summed E-state index contributed by atoms with van der Waals surface area (Å²) in [6, 6.07) is 48.8. The number of fused-ring (bicyclic) bond motifs is 3. The van der Waals surface area contributed by atoms with Crippen LogP contribution in [0.3, 0.4) is 0 Å². The van der Waals surface area contributed by atoms with Crippen molar-refractivity contribution in [2.24, 2.45) is 0 Å². The highest BCUT2D eigenvalue weighted by Crippen LogP contribution is 2.40. The van der Waals surface area contributed by atoms with Gasteiger partial charge in [0, 0.05) is 54.8 Å². The van der Waals surface area contributed by atoms with Crippen molar-refractivity contribution >= 4 is 31.5 Å². The van der Waals surface area contributed by atoms with Gasteiger partial charge in [-0.2, -0.15) is 0 Å². The maximum absolute atomic E-state index is 5.09. The van der Waals surface area contributed by atoms with E-state index in [2.05, 4.69) is 120 Å². The molecule has 0 spiro atoms. The van der Waals surface area contributed by atoms with Crippen LogP contribution in [0.4, 0.5) is 0 Å². The van der Waals surface area contributed by atoms with Crippen molar-refractivity contribution in [1.29, 1.82) is 0 Å². The summed E-state index contributed by atoms with van der Waals surface area (Å²) in [7, 11) is 0. The third-order valence-corrected chi connectivity index (χ3v) is 9.03. The molecule has 8 aromatic rings. The van der Waals surface area contributed by atoms with E-state index in [9.17, 15) is 0 Å². The minimum absolute atomic E-state index is 0.696. The lowest BCUT2D eigenvalue weighted by atomic mass is 10.00. The Morgan fingerprint density at radius 1 is 0.442 bits per heavy atom. The molecule has 3 heterocycles. The lowest BCUT2D eigenvalue weighted by molar-refractivity contribution is 1.18. The monoisotopic (exact) mass is 567 g/mol. The van der Waals surface area contributed by atoms with Gasteiger partial charge in [0.15, 0.2) is 5.82 Å². The molecule has 202 valence electrons. The van der Waals surface area contributed by atoms with Crippen molar-refractivity contribution in [3.8, 4) is 56.2 Å². The van der Waals surface area contributed by atoms with E-state index in [-0.39, 0.29) is 0 Å². The fourth-order valence-corrected chi connectivity index (χ4v) is 6.89. The van der Waals surface area contributed by atoms with Gasteiger partial charge in [-0.15, -0.1) is 11.3 Å². The van der Waals surface area contributed by atoms with Gasteiger partial charge in [-0.3, -0.25) is 4.98 Å². The van der Waals surface area contributed by atoms with Crippen LogP contribution < -0.4 is 0 Å². The Labute approximate surface area is 253 Å². The van der Waals surface area contributed by atoms with Crippen molar-refractivity contribution in [3.63, 3.8) is 0 Å². The molecule has 43 heavy (non-hydrogen) atoms. The minimum Gasteiger partial charge on any atom is -0.264 e. The van der Waals surface area contributed by atoms with Crippen LogP contribution >= 0.6 is 11.3 Å². The lowest BCUT2D eigenvalue weighted by Crippen LogP contribution is -1.96. The van der Waals surface area contributed by atoms with Gasteiger partial charge in [-0.25, -0.2) is 9.97 Å². The number of aromatic nitrogens is 3. The smallest absolute Gasteiger partial charge is 0.160 e. The van der Waals surface area contributed by atoms with Crippen LogP contribution in [-0.2, 0) is 0 Å². The Kier molecular flexibility index (Phi) is 6.32. The normalized spacial score (nSPS) is 11.3. The summed E-state index contributed by atoms with van der Waals surface area (Å²) in [5, 5.41) is 2.62. The number of hydrogen-bond acceptors (Lipinski definition) is 4. The second-order valence-electron chi connectivity index (χ2n) is 10.5. The van der Waals surface area contributed by atoms with Crippen molar-refractivity contribution in [2.45, 2.75) is 0 Å². The molecule has 0 saturated carbocycles. The van der Waals surface area contributed by atoms with E-state index in [1.165, 1.54) is 31.3 Å². The van der Waals surface area contributed by atoms with Gasteiger partial charge >= 0.3 is 0 Å². The molecule has 0 unspecified atom stereocenters.